The predicted molar refractivity (Wildman–Crippen MR) is 133 cm³/mol. The molecule has 1 aromatic heterocycles. The topological polar surface area (TPSA) is 85.6 Å². The molecule has 1 aliphatic rings. The number of ether oxygens (including phenoxy) is 2. The number of nitrogens with one attached hydrogen (secondary N) is 2. The lowest BCUT2D eigenvalue weighted by Crippen LogP contribution is -2.38. The van der Waals surface area contributed by atoms with Gasteiger partial charge in [0.15, 0.2) is 11.8 Å². The molecule has 0 fully saturated rings. The van der Waals surface area contributed by atoms with Crippen LogP contribution in [0.4, 0.5) is 0 Å². The van der Waals surface area contributed by atoms with E-state index in [1.54, 1.807) is 0 Å². The molecule has 0 saturated heterocycles. The van der Waals surface area contributed by atoms with E-state index in [1.807, 2.05) is 25.5 Å². The fourth-order valence-corrected chi connectivity index (χ4v) is 3.38. The van der Waals surface area contributed by atoms with Crippen LogP contribution in [0.3, 0.4) is 0 Å². The summed E-state index contributed by atoms with van der Waals surface area (Å²) in [6.07, 6.45) is 3.33. The Morgan fingerprint density at radius 1 is 1.29 bits per heavy atom. The van der Waals surface area contributed by atoms with Gasteiger partial charge in [0, 0.05) is 31.1 Å². The highest BCUT2D eigenvalue weighted by atomic mass is 127. The van der Waals surface area contributed by atoms with Crippen molar-refractivity contribution in [2.75, 3.05) is 13.2 Å². The second-order valence-electron chi connectivity index (χ2n) is 7.65. The zero-order valence-corrected chi connectivity index (χ0v) is 21.5. The molecule has 0 spiro atoms. The van der Waals surface area contributed by atoms with Gasteiger partial charge in [-0.05, 0) is 39.3 Å². The van der Waals surface area contributed by atoms with Gasteiger partial charge in [-0.3, -0.25) is 0 Å². The monoisotopic (exact) mass is 542 g/mol. The van der Waals surface area contributed by atoms with Crippen LogP contribution in [0.25, 0.3) is 0 Å². The number of unbranched alkanes of at least 4 members (excludes halogenated alkanes) is 1. The normalized spacial score (nSPS) is 15.1. The Labute approximate surface area is 202 Å². The molecule has 0 radical (unpaired) electrons. The van der Waals surface area contributed by atoms with Gasteiger partial charge in [0.25, 0.3) is 0 Å². The molecule has 1 aliphatic heterocycles. The molecule has 0 aliphatic carbocycles. The van der Waals surface area contributed by atoms with E-state index in [2.05, 4.69) is 46.8 Å². The van der Waals surface area contributed by atoms with Gasteiger partial charge >= 0.3 is 0 Å². The number of hydrogen-bond donors (Lipinski definition) is 2. The minimum absolute atomic E-state index is 0. The third-order valence-corrected chi connectivity index (χ3v) is 5.21. The average molecular weight is 542 g/mol. The quantitative estimate of drug-likeness (QED) is 0.219. The SMILES string of the molecule is CCCCNC(=NCc1cc2c(cc1OCC)CC(C)O2)NCc1nnc(C)n1C.I. The number of fused-ring (bicyclic) bond motifs is 1. The number of nitrogens with zero attached hydrogens (tertiary/aromatic N) is 4. The zero-order valence-electron chi connectivity index (χ0n) is 19.2. The highest BCUT2D eigenvalue weighted by molar-refractivity contribution is 14.0. The summed E-state index contributed by atoms with van der Waals surface area (Å²) in [7, 11) is 1.97. The molecule has 3 rings (SSSR count). The van der Waals surface area contributed by atoms with E-state index in [4.69, 9.17) is 14.5 Å². The number of hydrogen-bond acceptors (Lipinski definition) is 5. The fourth-order valence-electron chi connectivity index (χ4n) is 3.38. The summed E-state index contributed by atoms with van der Waals surface area (Å²) in [6, 6.07) is 4.18. The van der Waals surface area contributed by atoms with Crippen molar-refractivity contribution in [3.05, 3.63) is 34.9 Å². The van der Waals surface area contributed by atoms with E-state index in [9.17, 15) is 0 Å². The third-order valence-electron chi connectivity index (χ3n) is 5.21. The smallest absolute Gasteiger partial charge is 0.191 e. The second-order valence-corrected chi connectivity index (χ2v) is 7.65. The molecular weight excluding hydrogens is 507 g/mol. The standard InChI is InChI=1S/C22H34N6O2.HI/c1-6-8-9-23-22(25-14-21-27-26-16(4)28(21)5)24-13-18-12-20-17(10-15(3)30-20)11-19(18)29-7-2;/h11-12,15H,6-10,13-14H2,1-5H3,(H2,23,24,25);1H. The zero-order chi connectivity index (χ0) is 21.5. The molecule has 2 aromatic rings. The van der Waals surface area contributed by atoms with Crippen molar-refractivity contribution < 1.29 is 9.47 Å². The summed E-state index contributed by atoms with van der Waals surface area (Å²) >= 11 is 0. The van der Waals surface area contributed by atoms with Crippen LogP contribution in [0.5, 0.6) is 11.5 Å². The van der Waals surface area contributed by atoms with Crippen LogP contribution in [0.15, 0.2) is 17.1 Å². The molecule has 2 N–H and O–H groups in total. The molecule has 0 saturated carbocycles. The fraction of sp³-hybridized carbons (Fsp3) is 0.591. The number of guanidine groups is 1. The molecule has 1 atom stereocenters. The van der Waals surface area contributed by atoms with Crippen molar-refractivity contribution in [2.45, 2.75) is 66.2 Å². The van der Waals surface area contributed by atoms with Gasteiger partial charge in [0.2, 0.25) is 0 Å². The van der Waals surface area contributed by atoms with E-state index in [0.29, 0.717) is 19.7 Å². The molecule has 0 amide bonds. The number of halogens is 1. The molecule has 1 aromatic carbocycles. The minimum Gasteiger partial charge on any atom is -0.494 e. The van der Waals surface area contributed by atoms with E-state index >= 15 is 0 Å². The highest BCUT2D eigenvalue weighted by Crippen LogP contribution is 2.35. The Morgan fingerprint density at radius 2 is 2.10 bits per heavy atom. The molecule has 31 heavy (non-hydrogen) atoms. The first-order valence-corrected chi connectivity index (χ1v) is 10.8. The lowest BCUT2D eigenvalue weighted by atomic mass is 10.1. The van der Waals surface area contributed by atoms with E-state index in [-0.39, 0.29) is 30.1 Å². The summed E-state index contributed by atoms with van der Waals surface area (Å²) in [4.78, 5) is 4.81. The van der Waals surface area contributed by atoms with Crippen molar-refractivity contribution in [1.82, 2.24) is 25.4 Å². The summed E-state index contributed by atoms with van der Waals surface area (Å²) < 4.78 is 13.8. The first-order chi connectivity index (χ1) is 14.5. The molecule has 8 nitrogen and oxygen atoms in total. The lowest BCUT2D eigenvalue weighted by Gasteiger charge is -2.14. The minimum atomic E-state index is 0. The van der Waals surface area contributed by atoms with Crippen molar-refractivity contribution in [1.29, 1.82) is 0 Å². The molecule has 9 heteroatoms. The van der Waals surface area contributed by atoms with Crippen LogP contribution in [0.1, 0.15) is 56.4 Å². The highest BCUT2D eigenvalue weighted by Gasteiger charge is 2.21. The Bertz CT molecular complexity index is 883. The maximum Gasteiger partial charge on any atom is 0.191 e. The number of rotatable bonds is 9. The van der Waals surface area contributed by atoms with Gasteiger partial charge in [-0.1, -0.05) is 13.3 Å². The summed E-state index contributed by atoms with van der Waals surface area (Å²) in [5.74, 6) is 4.33. The van der Waals surface area contributed by atoms with Gasteiger partial charge in [0.05, 0.1) is 19.7 Å². The number of benzene rings is 1. The van der Waals surface area contributed by atoms with Crippen molar-refractivity contribution in [3.63, 3.8) is 0 Å². The Balaban J connectivity index is 0.00000341. The Kier molecular flexibility index (Phi) is 9.86. The first kappa shape index (κ1) is 25.2. The van der Waals surface area contributed by atoms with Gasteiger partial charge in [0.1, 0.15) is 23.4 Å². The van der Waals surface area contributed by atoms with Crippen molar-refractivity contribution in [2.24, 2.45) is 12.0 Å². The van der Waals surface area contributed by atoms with Gasteiger partial charge in [-0.25, -0.2) is 4.99 Å². The van der Waals surface area contributed by atoms with E-state index in [1.165, 1.54) is 5.56 Å². The van der Waals surface area contributed by atoms with Crippen molar-refractivity contribution >= 4 is 29.9 Å². The maximum atomic E-state index is 5.93. The predicted octanol–water partition coefficient (Wildman–Crippen LogP) is 3.50. The molecule has 0 bridgehead atoms. The van der Waals surface area contributed by atoms with Gasteiger partial charge in [-0.15, -0.1) is 34.2 Å². The van der Waals surface area contributed by atoms with Crippen LogP contribution in [-0.4, -0.2) is 40.0 Å². The number of aromatic nitrogens is 3. The van der Waals surface area contributed by atoms with Crippen LogP contribution in [0, 0.1) is 6.92 Å². The van der Waals surface area contributed by atoms with Crippen LogP contribution in [0.2, 0.25) is 0 Å². The summed E-state index contributed by atoms with van der Waals surface area (Å²) in [5, 5.41) is 15.1. The van der Waals surface area contributed by atoms with Crippen LogP contribution < -0.4 is 20.1 Å². The van der Waals surface area contributed by atoms with Crippen LogP contribution >= 0.6 is 24.0 Å². The maximum absolute atomic E-state index is 5.93. The number of aliphatic imine (C=N–C) groups is 1. The molecule has 1 unspecified atom stereocenters. The molecular formula is C22H35IN6O2. The summed E-state index contributed by atoms with van der Waals surface area (Å²) in [6.45, 7) is 10.7. The number of aryl methyl sites for hydroxylation is 1. The average Bonchev–Trinajstić information content (AvgIpc) is 3.24. The lowest BCUT2D eigenvalue weighted by molar-refractivity contribution is 0.254. The molecule has 2 heterocycles. The largest absolute Gasteiger partial charge is 0.494 e. The summed E-state index contributed by atoms with van der Waals surface area (Å²) in [5.41, 5.74) is 2.23. The first-order valence-electron chi connectivity index (χ1n) is 10.8. The second kappa shape index (κ2) is 12.1. The molecule has 172 valence electrons. The van der Waals surface area contributed by atoms with E-state index in [0.717, 1.165) is 60.5 Å². The van der Waals surface area contributed by atoms with Gasteiger partial charge in [-0.2, -0.15) is 0 Å². The Morgan fingerprint density at radius 3 is 2.77 bits per heavy atom. The van der Waals surface area contributed by atoms with Crippen molar-refractivity contribution in [3.8, 4) is 11.5 Å². The third kappa shape index (κ3) is 6.72. The van der Waals surface area contributed by atoms with Crippen LogP contribution in [-0.2, 0) is 26.6 Å². The van der Waals surface area contributed by atoms with E-state index < -0.39 is 0 Å². The van der Waals surface area contributed by atoms with Gasteiger partial charge < -0.3 is 24.7 Å². The Hall–Kier alpha value is -2.04.